The van der Waals surface area contributed by atoms with Crippen LogP contribution in [0.15, 0.2) is 12.1 Å². The van der Waals surface area contributed by atoms with Crippen molar-refractivity contribution in [1.29, 1.82) is 0 Å². The summed E-state index contributed by atoms with van der Waals surface area (Å²) in [7, 11) is 0. The fourth-order valence-corrected chi connectivity index (χ4v) is 3.57. The van der Waals surface area contributed by atoms with Crippen LogP contribution < -0.4 is 10.5 Å². The Morgan fingerprint density at radius 1 is 1.17 bits per heavy atom. The van der Waals surface area contributed by atoms with Crippen molar-refractivity contribution in [1.82, 2.24) is 0 Å². The van der Waals surface area contributed by atoms with Gasteiger partial charge in [-0.05, 0) is 54.7 Å². The molecule has 1 aromatic carbocycles. The van der Waals surface area contributed by atoms with Gasteiger partial charge in [0.1, 0.15) is 5.75 Å². The first-order valence-electron chi connectivity index (χ1n) is 8.17. The van der Waals surface area contributed by atoms with Gasteiger partial charge >= 0.3 is 0 Å². The lowest BCUT2D eigenvalue weighted by Crippen LogP contribution is -2.25. The molecule has 0 amide bonds. The van der Waals surface area contributed by atoms with Gasteiger partial charge in [-0.2, -0.15) is 0 Å². The van der Waals surface area contributed by atoms with Crippen molar-refractivity contribution in [3.63, 3.8) is 0 Å². The van der Waals surface area contributed by atoms with Crippen LogP contribution in [0.5, 0.6) is 5.75 Å². The maximum atomic E-state index is 6.51. The normalized spacial score (nSPS) is 13.4. The zero-order valence-corrected chi connectivity index (χ0v) is 17.2. The van der Waals surface area contributed by atoms with E-state index in [0.717, 1.165) is 24.2 Å². The Morgan fingerprint density at radius 3 is 2.17 bits per heavy atom. The van der Waals surface area contributed by atoms with Crippen LogP contribution in [0.1, 0.15) is 66.0 Å². The maximum Gasteiger partial charge on any atom is 0.141 e. The van der Waals surface area contributed by atoms with Gasteiger partial charge in [-0.1, -0.05) is 52.3 Å². The van der Waals surface area contributed by atoms with Crippen LogP contribution in [-0.2, 0) is 11.8 Å². The third-order valence-corrected chi connectivity index (χ3v) is 3.99. The van der Waals surface area contributed by atoms with E-state index in [2.05, 4.69) is 46.8 Å². The van der Waals surface area contributed by atoms with Gasteiger partial charge in [0, 0.05) is 6.04 Å². The zero-order valence-electron chi connectivity index (χ0n) is 15.6. The summed E-state index contributed by atoms with van der Waals surface area (Å²) in [5.74, 6) is 0.789. The van der Waals surface area contributed by atoms with Crippen LogP contribution in [0.3, 0.4) is 0 Å². The van der Waals surface area contributed by atoms with Gasteiger partial charge in [0.2, 0.25) is 0 Å². The smallest absolute Gasteiger partial charge is 0.141 e. The molecule has 2 nitrogen and oxygen atoms in total. The number of benzene rings is 1. The number of halogens is 2. The molecule has 0 saturated heterocycles. The van der Waals surface area contributed by atoms with Crippen LogP contribution >= 0.6 is 24.0 Å². The molecule has 0 saturated carbocycles. The summed E-state index contributed by atoms with van der Waals surface area (Å²) in [5.41, 5.74) is 8.68. The minimum Gasteiger partial charge on any atom is -0.492 e. The van der Waals surface area contributed by atoms with Crippen LogP contribution in [0.4, 0.5) is 0 Å². The average molecular weight is 362 g/mol. The third-order valence-electron chi connectivity index (χ3n) is 3.70. The van der Waals surface area contributed by atoms with Crippen LogP contribution in [0, 0.1) is 5.41 Å². The quantitative estimate of drug-likeness (QED) is 0.698. The van der Waals surface area contributed by atoms with E-state index in [0.29, 0.717) is 11.6 Å². The number of ether oxygens (including phenoxy) is 1. The summed E-state index contributed by atoms with van der Waals surface area (Å²) < 4.78 is 5.75. The fraction of sp³-hybridized carbons (Fsp3) is 0.684. The van der Waals surface area contributed by atoms with Gasteiger partial charge in [0.25, 0.3) is 0 Å². The largest absolute Gasteiger partial charge is 0.492 e. The van der Waals surface area contributed by atoms with E-state index in [9.17, 15) is 0 Å². The predicted octanol–water partition coefficient (Wildman–Crippen LogP) is 5.76. The van der Waals surface area contributed by atoms with Crippen molar-refractivity contribution in [2.24, 2.45) is 11.1 Å². The van der Waals surface area contributed by atoms with E-state index in [1.807, 2.05) is 13.8 Å². The van der Waals surface area contributed by atoms with Gasteiger partial charge in [-0.25, -0.2) is 0 Å². The molecule has 1 atom stereocenters. The molecule has 0 aromatic heterocycles. The molecule has 0 spiro atoms. The van der Waals surface area contributed by atoms with Crippen molar-refractivity contribution in [3.8, 4) is 5.75 Å². The Kier molecular flexibility index (Phi) is 8.43. The molecule has 0 heterocycles. The Hall–Kier alpha value is -0.440. The van der Waals surface area contributed by atoms with E-state index >= 15 is 0 Å². The number of nitrogens with two attached hydrogens (primary N) is 1. The SMILES string of the molecule is CCOc1c(Cl)cc(C(C)(C)CC(C)(C)C)cc1CC(C)N.Cl. The Bertz CT molecular complexity index is 505. The third kappa shape index (κ3) is 6.91. The highest BCUT2D eigenvalue weighted by atomic mass is 35.5. The molecule has 1 unspecified atom stereocenters. The second-order valence-electron chi connectivity index (χ2n) is 8.18. The second kappa shape index (κ2) is 8.60. The van der Waals surface area contributed by atoms with Crippen LogP contribution in [0.25, 0.3) is 0 Å². The topological polar surface area (TPSA) is 35.2 Å². The van der Waals surface area contributed by atoms with Gasteiger partial charge in [-0.3, -0.25) is 0 Å². The first kappa shape index (κ1) is 22.6. The van der Waals surface area contributed by atoms with Crippen molar-refractivity contribution in [3.05, 3.63) is 28.3 Å². The molecule has 0 bridgehead atoms. The average Bonchev–Trinajstić information content (AvgIpc) is 2.29. The second-order valence-corrected chi connectivity index (χ2v) is 8.59. The first-order valence-corrected chi connectivity index (χ1v) is 8.55. The Labute approximate surface area is 153 Å². The highest BCUT2D eigenvalue weighted by Gasteiger charge is 2.29. The molecule has 1 aromatic rings. The highest BCUT2D eigenvalue weighted by molar-refractivity contribution is 6.32. The van der Waals surface area contributed by atoms with E-state index in [-0.39, 0.29) is 29.3 Å². The molecule has 0 radical (unpaired) electrons. The minimum atomic E-state index is 0. The molecule has 0 aliphatic carbocycles. The van der Waals surface area contributed by atoms with Crippen molar-refractivity contribution in [2.75, 3.05) is 6.61 Å². The molecule has 4 heteroatoms. The predicted molar refractivity (Wildman–Crippen MR) is 104 cm³/mol. The molecular formula is C19H33Cl2NO. The molecule has 0 aliphatic rings. The maximum absolute atomic E-state index is 6.51. The molecule has 23 heavy (non-hydrogen) atoms. The Morgan fingerprint density at radius 2 is 1.74 bits per heavy atom. The lowest BCUT2D eigenvalue weighted by atomic mass is 9.72. The number of rotatable bonds is 6. The highest BCUT2D eigenvalue weighted by Crippen LogP contribution is 2.40. The Balaban J connectivity index is 0.00000484. The summed E-state index contributed by atoms with van der Waals surface area (Å²) in [6.07, 6.45) is 1.86. The lowest BCUT2D eigenvalue weighted by Gasteiger charge is -2.34. The zero-order chi connectivity index (χ0) is 17.1. The number of hydrogen-bond acceptors (Lipinski definition) is 2. The van der Waals surface area contributed by atoms with Gasteiger partial charge in [0.05, 0.1) is 11.6 Å². The minimum absolute atomic E-state index is 0. The summed E-state index contributed by atoms with van der Waals surface area (Å²) >= 11 is 6.51. The summed E-state index contributed by atoms with van der Waals surface area (Å²) in [6, 6.07) is 4.37. The van der Waals surface area contributed by atoms with Crippen molar-refractivity contribution in [2.45, 2.75) is 72.8 Å². The van der Waals surface area contributed by atoms with E-state index in [4.69, 9.17) is 22.1 Å². The number of hydrogen-bond donors (Lipinski definition) is 1. The monoisotopic (exact) mass is 361 g/mol. The van der Waals surface area contributed by atoms with Gasteiger partial charge in [-0.15, -0.1) is 12.4 Å². The van der Waals surface area contributed by atoms with Gasteiger partial charge in [0.15, 0.2) is 0 Å². The molecule has 1 rings (SSSR count). The van der Waals surface area contributed by atoms with Crippen LogP contribution in [0.2, 0.25) is 5.02 Å². The summed E-state index contributed by atoms with van der Waals surface area (Å²) in [4.78, 5) is 0. The molecule has 0 aliphatic heterocycles. The molecule has 134 valence electrons. The van der Waals surface area contributed by atoms with Gasteiger partial charge < -0.3 is 10.5 Å². The van der Waals surface area contributed by atoms with Crippen molar-refractivity contribution >= 4 is 24.0 Å². The summed E-state index contributed by atoms with van der Waals surface area (Å²) in [5, 5.41) is 0.692. The van der Waals surface area contributed by atoms with E-state index < -0.39 is 0 Å². The standard InChI is InChI=1S/C19H32ClNO.ClH/c1-8-22-17-14(9-13(2)21)10-15(11-16(17)20)19(6,7)12-18(3,4)5;/h10-11,13H,8-9,12,21H2,1-7H3;1H. The fourth-order valence-electron chi connectivity index (χ4n) is 3.27. The molecular weight excluding hydrogens is 329 g/mol. The first-order chi connectivity index (χ1) is 9.96. The van der Waals surface area contributed by atoms with Crippen LogP contribution in [-0.4, -0.2) is 12.6 Å². The molecule has 2 N–H and O–H groups in total. The lowest BCUT2D eigenvalue weighted by molar-refractivity contribution is 0.283. The van der Waals surface area contributed by atoms with Crippen molar-refractivity contribution < 1.29 is 4.74 Å². The van der Waals surface area contributed by atoms with E-state index in [1.165, 1.54) is 5.56 Å². The summed E-state index contributed by atoms with van der Waals surface area (Å²) in [6.45, 7) is 16.0. The van der Waals surface area contributed by atoms with E-state index in [1.54, 1.807) is 0 Å². The molecule has 0 fully saturated rings.